The first-order chi connectivity index (χ1) is 20.9. The van der Waals surface area contributed by atoms with Gasteiger partial charge in [0.2, 0.25) is 0 Å². The molecular formula is C38H24N4. The highest BCUT2D eigenvalue weighted by molar-refractivity contribution is 6.22. The van der Waals surface area contributed by atoms with Crippen molar-refractivity contribution in [2.45, 2.75) is 0 Å². The third-order valence-electron chi connectivity index (χ3n) is 8.34. The SMILES string of the molecule is c1ccc(-c2nc(-c3ccccc3)n3c4ccccc4c4cc5c(cc4c23)c2ccccc2n5-c2ccccn2)cc1. The van der Waals surface area contributed by atoms with Gasteiger partial charge in [-0.2, -0.15) is 0 Å². The summed E-state index contributed by atoms with van der Waals surface area (Å²) in [5, 5.41) is 5.97. The fraction of sp³-hybridized carbons (Fsp3) is 0. The van der Waals surface area contributed by atoms with Crippen molar-refractivity contribution in [3.05, 3.63) is 146 Å². The summed E-state index contributed by atoms with van der Waals surface area (Å²) in [6.07, 6.45) is 1.86. The molecule has 0 aliphatic carbocycles. The first kappa shape index (κ1) is 23.0. The van der Waals surface area contributed by atoms with Crippen molar-refractivity contribution >= 4 is 49.0 Å². The highest BCUT2D eigenvalue weighted by Crippen LogP contribution is 2.42. The molecule has 196 valence electrons. The van der Waals surface area contributed by atoms with Crippen molar-refractivity contribution in [1.29, 1.82) is 0 Å². The van der Waals surface area contributed by atoms with Crippen LogP contribution in [0.15, 0.2) is 146 Å². The molecule has 4 heterocycles. The maximum Gasteiger partial charge on any atom is 0.145 e. The van der Waals surface area contributed by atoms with Crippen molar-refractivity contribution in [3.63, 3.8) is 0 Å². The molecule has 0 atom stereocenters. The second kappa shape index (κ2) is 8.88. The largest absolute Gasteiger partial charge is 0.294 e. The second-order valence-corrected chi connectivity index (χ2v) is 10.7. The van der Waals surface area contributed by atoms with Gasteiger partial charge in [0.15, 0.2) is 0 Å². The van der Waals surface area contributed by atoms with Gasteiger partial charge >= 0.3 is 0 Å². The summed E-state index contributed by atoms with van der Waals surface area (Å²) in [4.78, 5) is 10.1. The molecule has 0 aliphatic heterocycles. The Morgan fingerprint density at radius 3 is 1.83 bits per heavy atom. The van der Waals surface area contributed by atoms with Crippen LogP contribution in [0.5, 0.6) is 0 Å². The fourth-order valence-corrected chi connectivity index (χ4v) is 6.54. The summed E-state index contributed by atoms with van der Waals surface area (Å²) < 4.78 is 4.64. The first-order valence-corrected chi connectivity index (χ1v) is 14.2. The molecule has 5 aromatic carbocycles. The Kier molecular flexibility index (Phi) is 4.87. The van der Waals surface area contributed by atoms with Crippen molar-refractivity contribution in [3.8, 4) is 28.5 Å². The Balaban J connectivity index is 1.54. The quantitative estimate of drug-likeness (QED) is 0.211. The number of para-hydroxylation sites is 2. The number of rotatable bonds is 3. The molecule has 0 unspecified atom stereocenters. The van der Waals surface area contributed by atoms with Crippen LogP contribution in [0, 0.1) is 0 Å². The van der Waals surface area contributed by atoms with Gasteiger partial charge in [0.05, 0.1) is 27.8 Å². The zero-order valence-corrected chi connectivity index (χ0v) is 22.6. The second-order valence-electron chi connectivity index (χ2n) is 10.7. The molecule has 9 aromatic rings. The van der Waals surface area contributed by atoms with Crippen molar-refractivity contribution in [2.24, 2.45) is 0 Å². The number of benzene rings is 5. The van der Waals surface area contributed by atoms with E-state index in [0.29, 0.717) is 0 Å². The van der Waals surface area contributed by atoms with E-state index in [1.165, 1.54) is 26.9 Å². The molecule has 0 saturated carbocycles. The van der Waals surface area contributed by atoms with Gasteiger partial charge in [-0.25, -0.2) is 9.97 Å². The molecule has 4 nitrogen and oxygen atoms in total. The van der Waals surface area contributed by atoms with Crippen LogP contribution in [0.3, 0.4) is 0 Å². The number of fused-ring (bicyclic) bond motifs is 9. The highest BCUT2D eigenvalue weighted by Gasteiger charge is 2.22. The normalized spacial score (nSPS) is 11.8. The number of nitrogens with zero attached hydrogens (tertiary/aromatic N) is 4. The van der Waals surface area contributed by atoms with Crippen LogP contribution in [-0.2, 0) is 0 Å². The summed E-state index contributed by atoms with van der Waals surface area (Å²) in [5.41, 5.74) is 7.71. The first-order valence-electron chi connectivity index (χ1n) is 14.2. The Hall–Kier alpha value is -5.74. The van der Waals surface area contributed by atoms with E-state index in [1.807, 2.05) is 18.3 Å². The average molecular weight is 537 g/mol. The summed E-state index contributed by atoms with van der Waals surface area (Å²) in [6, 6.07) is 49.2. The number of hydrogen-bond acceptors (Lipinski definition) is 2. The smallest absolute Gasteiger partial charge is 0.145 e. The Morgan fingerprint density at radius 1 is 0.452 bits per heavy atom. The summed E-state index contributed by atoms with van der Waals surface area (Å²) in [5.74, 6) is 1.85. The van der Waals surface area contributed by atoms with Gasteiger partial charge < -0.3 is 0 Å². The van der Waals surface area contributed by atoms with Gasteiger partial charge in [-0.15, -0.1) is 0 Å². The fourth-order valence-electron chi connectivity index (χ4n) is 6.54. The monoisotopic (exact) mass is 536 g/mol. The minimum absolute atomic E-state index is 0.911. The molecule has 0 radical (unpaired) electrons. The lowest BCUT2D eigenvalue weighted by atomic mass is 9.99. The third-order valence-corrected chi connectivity index (χ3v) is 8.34. The zero-order chi connectivity index (χ0) is 27.6. The van der Waals surface area contributed by atoms with E-state index in [2.05, 4.69) is 136 Å². The van der Waals surface area contributed by atoms with E-state index in [0.717, 1.165) is 50.5 Å². The van der Waals surface area contributed by atoms with E-state index in [1.54, 1.807) is 0 Å². The maximum atomic E-state index is 5.37. The molecule has 0 saturated heterocycles. The molecule has 4 aromatic heterocycles. The summed E-state index contributed by atoms with van der Waals surface area (Å²) in [6.45, 7) is 0. The predicted molar refractivity (Wildman–Crippen MR) is 173 cm³/mol. The van der Waals surface area contributed by atoms with Crippen LogP contribution in [0.4, 0.5) is 0 Å². The molecule has 9 rings (SSSR count). The van der Waals surface area contributed by atoms with Crippen LogP contribution >= 0.6 is 0 Å². The van der Waals surface area contributed by atoms with Crippen LogP contribution in [0.25, 0.3) is 77.5 Å². The standard InChI is InChI=1S/C38H24N4/c1-3-13-25(14-4-1)36-37-31-23-30-28-18-8-9-19-32(28)41(35-21-11-12-22-39-35)34(30)24-29(31)27-17-7-10-20-33(27)42(37)38(40-36)26-15-5-2-6-16-26/h1-24H. The van der Waals surface area contributed by atoms with Gasteiger partial charge in [-0.1, -0.05) is 103 Å². The molecule has 0 bridgehead atoms. The van der Waals surface area contributed by atoms with Gasteiger partial charge in [0.1, 0.15) is 11.6 Å². The van der Waals surface area contributed by atoms with E-state index in [-0.39, 0.29) is 0 Å². The average Bonchev–Trinajstić information content (AvgIpc) is 3.62. The van der Waals surface area contributed by atoms with Gasteiger partial charge in [-0.3, -0.25) is 8.97 Å². The molecule has 0 spiro atoms. The van der Waals surface area contributed by atoms with Crippen molar-refractivity contribution < 1.29 is 0 Å². The lowest BCUT2D eigenvalue weighted by molar-refractivity contribution is 1.08. The molecule has 0 N–H and O–H groups in total. The minimum Gasteiger partial charge on any atom is -0.294 e. The molecule has 0 amide bonds. The van der Waals surface area contributed by atoms with Gasteiger partial charge in [0, 0.05) is 38.9 Å². The highest BCUT2D eigenvalue weighted by atomic mass is 15.1. The number of imidazole rings is 1. The van der Waals surface area contributed by atoms with E-state index < -0.39 is 0 Å². The number of pyridine rings is 2. The van der Waals surface area contributed by atoms with Crippen molar-refractivity contribution in [2.75, 3.05) is 0 Å². The summed E-state index contributed by atoms with van der Waals surface area (Å²) >= 11 is 0. The lowest BCUT2D eigenvalue weighted by Gasteiger charge is -2.13. The van der Waals surface area contributed by atoms with E-state index in [4.69, 9.17) is 9.97 Å². The van der Waals surface area contributed by atoms with Crippen LogP contribution < -0.4 is 0 Å². The molecule has 0 aliphatic rings. The summed E-state index contributed by atoms with van der Waals surface area (Å²) in [7, 11) is 0. The van der Waals surface area contributed by atoms with Gasteiger partial charge in [0.25, 0.3) is 0 Å². The lowest BCUT2D eigenvalue weighted by Crippen LogP contribution is -1.97. The third kappa shape index (κ3) is 3.23. The van der Waals surface area contributed by atoms with Crippen molar-refractivity contribution in [1.82, 2.24) is 18.9 Å². The van der Waals surface area contributed by atoms with Crippen LogP contribution in [0.2, 0.25) is 0 Å². The molecule has 42 heavy (non-hydrogen) atoms. The van der Waals surface area contributed by atoms with Gasteiger partial charge in [-0.05, 0) is 41.8 Å². The maximum absolute atomic E-state index is 5.37. The van der Waals surface area contributed by atoms with E-state index in [9.17, 15) is 0 Å². The Morgan fingerprint density at radius 2 is 1.10 bits per heavy atom. The number of hydrogen-bond donors (Lipinski definition) is 0. The Labute approximate surface area is 241 Å². The Bertz CT molecular complexity index is 2440. The molecule has 0 fully saturated rings. The molecular weight excluding hydrogens is 512 g/mol. The number of aromatic nitrogens is 4. The van der Waals surface area contributed by atoms with E-state index >= 15 is 0 Å². The molecule has 4 heteroatoms. The van der Waals surface area contributed by atoms with Crippen LogP contribution in [0.1, 0.15) is 0 Å². The minimum atomic E-state index is 0.911. The van der Waals surface area contributed by atoms with Crippen LogP contribution in [-0.4, -0.2) is 18.9 Å². The zero-order valence-electron chi connectivity index (χ0n) is 22.6. The topological polar surface area (TPSA) is 35.1 Å². The predicted octanol–water partition coefficient (Wildman–Crippen LogP) is 9.47.